The van der Waals surface area contributed by atoms with Crippen LogP contribution in [0.5, 0.6) is 0 Å². The second-order valence-electron chi connectivity index (χ2n) is 2.39. The van der Waals surface area contributed by atoms with E-state index in [0.29, 0.717) is 0 Å². The highest BCUT2D eigenvalue weighted by molar-refractivity contribution is 5.21. The van der Waals surface area contributed by atoms with Crippen LogP contribution in [0.4, 0.5) is 0 Å². The van der Waals surface area contributed by atoms with Gasteiger partial charge < -0.3 is 4.74 Å². The minimum absolute atomic E-state index is 0.0624. The molecule has 1 unspecified atom stereocenters. The molecule has 0 amide bonds. The zero-order chi connectivity index (χ0) is 9.52. The fourth-order valence-corrected chi connectivity index (χ4v) is 0.956. The fourth-order valence-electron chi connectivity index (χ4n) is 0.956. The number of rotatable bonds is 3. The fraction of sp³-hybridized carbons (Fsp3) is 0.200. The van der Waals surface area contributed by atoms with Crippen molar-refractivity contribution >= 4 is 0 Å². The van der Waals surface area contributed by atoms with E-state index in [1.807, 2.05) is 30.3 Å². The predicted octanol–water partition coefficient (Wildman–Crippen LogP) is 1.79. The third kappa shape index (κ3) is 2.59. The summed E-state index contributed by atoms with van der Waals surface area (Å²) in [6.07, 6.45) is -0.638. The highest BCUT2D eigenvalue weighted by Gasteiger charge is 2.08. The standard InChI is InChI=1S/C10H8N2O/c11-6-7-13-10(8-12)9-4-2-1-3-5-9/h1-5,10H,7H2. The molecule has 0 radical (unpaired) electrons. The molecule has 3 heteroatoms. The van der Waals surface area contributed by atoms with Crippen molar-refractivity contribution in [3.63, 3.8) is 0 Å². The number of nitrogens with zero attached hydrogens (tertiary/aromatic N) is 2. The molecular weight excluding hydrogens is 164 g/mol. The molecule has 0 saturated heterocycles. The van der Waals surface area contributed by atoms with Crippen molar-refractivity contribution in [1.82, 2.24) is 0 Å². The van der Waals surface area contributed by atoms with E-state index in [-0.39, 0.29) is 6.61 Å². The molecule has 0 bridgehead atoms. The van der Waals surface area contributed by atoms with E-state index < -0.39 is 6.10 Å². The smallest absolute Gasteiger partial charge is 0.170 e. The van der Waals surface area contributed by atoms with Crippen LogP contribution in [0.2, 0.25) is 0 Å². The molecule has 0 aliphatic carbocycles. The molecule has 1 rings (SSSR count). The van der Waals surface area contributed by atoms with Crippen molar-refractivity contribution in [3.8, 4) is 12.1 Å². The maximum Gasteiger partial charge on any atom is 0.170 e. The molecule has 0 aliphatic heterocycles. The molecule has 0 N–H and O–H groups in total. The summed E-state index contributed by atoms with van der Waals surface area (Å²) in [5, 5.41) is 17.0. The first-order valence-corrected chi connectivity index (χ1v) is 3.81. The molecule has 1 aromatic rings. The first-order valence-electron chi connectivity index (χ1n) is 3.81. The first-order chi connectivity index (χ1) is 6.38. The number of benzene rings is 1. The Labute approximate surface area is 76.8 Å². The second kappa shape index (κ2) is 4.92. The van der Waals surface area contributed by atoms with Crippen molar-refractivity contribution in [2.45, 2.75) is 6.10 Å². The zero-order valence-corrected chi connectivity index (χ0v) is 6.97. The highest BCUT2D eigenvalue weighted by atomic mass is 16.5. The zero-order valence-electron chi connectivity index (χ0n) is 6.97. The Morgan fingerprint density at radius 1 is 1.23 bits per heavy atom. The molecule has 0 saturated carbocycles. The summed E-state index contributed by atoms with van der Waals surface area (Å²) in [4.78, 5) is 0. The van der Waals surface area contributed by atoms with Gasteiger partial charge in [-0.15, -0.1) is 0 Å². The Kier molecular flexibility index (Phi) is 3.50. The van der Waals surface area contributed by atoms with Crippen LogP contribution in [0, 0.1) is 22.7 Å². The quantitative estimate of drug-likeness (QED) is 0.698. The van der Waals surface area contributed by atoms with Gasteiger partial charge in [0.1, 0.15) is 6.61 Å². The number of nitriles is 2. The summed E-state index contributed by atoms with van der Waals surface area (Å²) in [6, 6.07) is 12.9. The highest BCUT2D eigenvalue weighted by Crippen LogP contribution is 2.14. The summed E-state index contributed by atoms with van der Waals surface area (Å²) < 4.78 is 5.00. The molecule has 0 spiro atoms. The maximum absolute atomic E-state index is 8.72. The monoisotopic (exact) mass is 172 g/mol. The van der Waals surface area contributed by atoms with Crippen molar-refractivity contribution in [1.29, 1.82) is 10.5 Å². The van der Waals surface area contributed by atoms with Gasteiger partial charge in [0.2, 0.25) is 0 Å². The van der Waals surface area contributed by atoms with Crippen LogP contribution in [0.1, 0.15) is 11.7 Å². The van der Waals surface area contributed by atoms with Gasteiger partial charge in [0.05, 0.1) is 12.1 Å². The lowest BCUT2D eigenvalue weighted by Gasteiger charge is -2.06. The van der Waals surface area contributed by atoms with Crippen LogP contribution in [0.3, 0.4) is 0 Å². The van der Waals surface area contributed by atoms with E-state index in [0.717, 1.165) is 5.56 Å². The molecular formula is C10H8N2O. The Bertz CT molecular complexity index is 334. The van der Waals surface area contributed by atoms with Gasteiger partial charge in [0.25, 0.3) is 0 Å². The van der Waals surface area contributed by atoms with Gasteiger partial charge in [-0.2, -0.15) is 10.5 Å². The number of ether oxygens (including phenoxy) is 1. The average molecular weight is 172 g/mol. The number of hydrogen-bond donors (Lipinski definition) is 0. The van der Waals surface area contributed by atoms with Gasteiger partial charge in [-0.1, -0.05) is 30.3 Å². The largest absolute Gasteiger partial charge is 0.344 e. The van der Waals surface area contributed by atoms with E-state index >= 15 is 0 Å². The molecule has 0 aliphatic rings. The minimum atomic E-state index is -0.638. The molecule has 1 aromatic carbocycles. The van der Waals surface area contributed by atoms with Crippen molar-refractivity contribution in [2.75, 3.05) is 6.61 Å². The Balaban J connectivity index is 2.70. The topological polar surface area (TPSA) is 56.8 Å². The summed E-state index contributed by atoms with van der Waals surface area (Å²) >= 11 is 0. The van der Waals surface area contributed by atoms with Gasteiger partial charge in [-0.05, 0) is 5.56 Å². The van der Waals surface area contributed by atoms with Crippen LogP contribution in [0.25, 0.3) is 0 Å². The molecule has 0 heterocycles. The Morgan fingerprint density at radius 2 is 1.92 bits per heavy atom. The summed E-state index contributed by atoms with van der Waals surface area (Å²) in [5.41, 5.74) is 0.778. The molecule has 64 valence electrons. The predicted molar refractivity (Wildman–Crippen MR) is 46.4 cm³/mol. The normalized spacial score (nSPS) is 11.2. The average Bonchev–Trinajstić information content (AvgIpc) is 2.21. The third-order valence-electron chi connectivity index (χ3n) is 1.53. The van der Waals surface area contributed by atoms with Crippen LogP contribution in [-0.2, 0) is 4.74 Å². The summed E-state index contributed by atoms with van der Waals surface area (Å²) in [7, 11) is 0. The molecule has 13 heavy (non-hydrogen) atoms. The van der Waals surface area contributed by atoms with E-state index in [4.69, 9.17) is 15.3 Å². The van der Waals surface area contributed by atoms with Gasteiger partial charge in [0.15, 0.2) is 6.10 Å². The second-order valence-corrected chi connectivity index (χ2v) is 2.39. The van der Waals surface area contributed by atoms with Gasteiger partial charge in [-0.25, -0.2) is 0 Å². The van der Waals surface area contributed by atoms with Gasteiger partial charge in [0, 0.05) is 0 Å². The Morgan fingerprint density at radius 3 is 2.46 bits per heavy atom. The molecule has 1 atom stereocenters. The van der Waals surface area contributed by atoms with Crippen molar-refractivity contribution in [2.24, 2.45) is 0 Å². The lowest BCUT2D eigenvalue weighted by molar-refractivity contribution is 0.119. The van der Waals surface area contributed by atoms with Crippen molar-refractivity contribution in [3.05, 3.63) is 35.9 Å². The SMILES string of the molecule is N#CCOC(C#N)c1ccccc1. The lowest BCUT2D eigenvalue weighted by atomic mass is 10.1. The van der Waals surface area contributed by atoms with E-state index in [2.05, 4.69) is 0 Å². The number of hydrogen-bond acceptors (Lipinski definition) is 3. The van der Waals surface area contributed by atoms with Crippen LogP contribution in [-0.4, -0.2) is 6.61 Å². The maximum atomic E-state index is 8.72. The molecule has 0 fully saturated rings. The van der Waals surface area contributed by atoms with Crippen molar-refractivity contribution < 1.29 is 4.74 Å². The van der Waals surface area contributed by atoms with E-state index in [1.54, 1.807) is 12.1 Å². The van der Waals surface area contributed by atoms with Crippen LogP contribution >= 0.6 is 0 Å². The minimum Gasteiger partial charge on any atom is -0.344 e. The molecule has 0 aromatic heterocycles. The van der Waals surface area contributed by atoms with E-state index in [9.17, 15) is 0 Å². The third-order valence-corrected chi connectivity index (χ3v) is 1.53. The van der Waals surface area contributed by atoms with Crippen LogP contribution < -0.4 is 0 Å². The van der Waals surface area contributed by atoms with Gasteiger partial charge in [-0.3, -0.25) is 0 Å². The molecule has 3 nitrogen and oxygen atoms in total. The first kappa shape index (κ1) is 9.25. The van der Waals surface area contributed by atoms with E-state index in [1.165, 1.54) is 0 Å². The summed E-state index contributed by atoms with van der Waals surface area (Å²) in [5.74, 6) is 0. The summed E-state index contributed by atoms with van der Waals surface area (Å²) in [6.45, 7) is -0.0624. The van der Waals surface area contributed by atoms with Gasteiger partial charge >= 0.3 is 0 Å². The van der Waals surface area contributed by atoms with Crippen LogP contribution in [0.15, 0.2) is 30.3 Å². The lowest BCUT2D eigenvalue weighted by Crippen LogP contribution is -2.01. The Hall–Kier alpha value is -1.84.